The number of amides is 2. The third-order valence-electron chi connectivity index (χ3n) is 4.58. The van der Waals surface area contributed by atoms with Crippen molar-refractivity contribution in [3.63, 3.8) is 0 Å². The number of carbonyl (C=O) groups is 2. The first-order valence-electron chi connectivity index (χ1n) is 9.83. The highest BCUT2D eigenvalue weighted by Gasteiger charge is 2.41. The van der Waals surface area contributed by atoms with Crippen molar-refractivity contribution in [2.24, 2.45) is 7.05 Å². The molecular weight excluding hydrogens is 510 g/mol. The van der Waals surface area contributed by atoms with E-state index in [1.165, 1.54) is 27.1 Å². The molecule has 2 aromatic heterocycles. The Hall–Kier alpha value is -2.28. The molecule has 0 saturated carbocycles. The summed E-state index contributed by atoms with van der Waals surface area (Å²) in [4.78, 5) is 32.4. The Balaban J connectivity index is 1.82. The van der Waals surface area contributed by atoms with Crippen LogP contribution in [0.15, 0.2) is 10.1 Å². The number of hydrogen-bond donors (Lipinski definition) is 1. The minimum atomic E-state index is -3.20. The lowest BCUT2D eigenvalue weighted by atomic mass is 10.2. The molecule has 3 heterocycles. The third-order valence-corrected chi connectivity index (χ3v) is 6.00. The number of hydrogen-bond acceptors (Lipinski definition) is 7. The zero-order valence-corrected chi connectivity index (χ0v) is 20.8. The molecule has 176 valence electrons. The highest BCUT2D eigenvalue weighted by molar-refractivity contribution is 9.11. The van der Waals surface area contributed by atoms with E-state index in [1.807, 2.05) is 0 Å². The van der Waals surface area contributed by atoms with E-state index in [0.29, 0.717) is 14.6 Å². The van der Waals surface area contributed by atoms with Crippen molar-refractivity contribution in [2.75, 3.05) is 36.4 Å². The van der Waals surface area contributed by atoms with Crippen molar-refractivity contribution >= 4 is 50.8 Å². The first-order valence-corrected chi connectivity index (χ1v) is 11.4. The Morgan fingerprint density at radius 1 is 1.28 bits per heavy atom. The number of rotatable bonds is 3. The van der Waals surface area contributed by atoms with E-state index in [0.717, 1.165) is 4.90 Å². The van der Waals surface area contributed by atoms with Gasteiger partial charge in [0.1, 0.15) is 17.0 Å². The van der Waals surface area contributed by atoms with Crippen molar-refractivity contribution in [3.8, 4) is 0 Å². The minimum absolute atomic E-state index is 0.0290. The van der Waals surface area contributed by atoms with Crippen LogP contribution in [0.25, 0.3) is 0 Å². The largest absolute Gasteiger partial charge is 0.444 e. The lowest BCUT2D eigenvalue weighted by molar-refractivity contribution is -0.0285. The zero-order chi connectivity index (χ0) is 23.8. The second kappa shape index (κ2) is 8.93. The second-order valence-corrected chi connectivity index (χ2v) is 11.0. The predicted molar refractivity (Wildman–Crippen MR) is 121 cm³/mol. The first-order chi connectivity index (χ1) is 14.8. The molecule has 1 saturated heterocycles. The molecule has 32 heavy (non-hydrogen) atoms. The summed E-state index contributed by atoms with van der Waals surface area (Å²) in [6, 6.07) is 0. The highest BCUT2D eigenvalue weighted by Crippen LogP contribution is 2.31. The number of ether oxygens (including phenoxy) is 1. The quantitative estimate of drug-likeness (QED) is 0.642. The molecule has 13 heteroatoms. The Kier molecular flexibility index (Phi) is 6.80. The van der Waals surface area contributed by atoms with Crippen LogP contribution in [-0.2, 0) is 11.8 Å². The number of nitrogens with zero attached hydrogens (tertiary/aromatic N) is 5. The molecule has 1 fully saturated rings. The predicted octanol–water partition coefficient (Wildman–Crippen LogP) is 3.89. The van der Waals surface area contributed by atoms with Gasteiger partial charge in [0.25, 0.3) is 11.8 Å². The van der Waals surface area contributed by atoms with Gasteiger partial charge < -0.3 is 19.9 Å². The van der Waals surface area contributed by atoms with Gasteiger partial charge in [-0.05, 0) is 43.6 Å². The first kappa shape index (κ1) is 24.4. The van der Waals surface area contributed by atoms with Crippen molar-refractivity contribution in [1.29, 1.82) is 0 Å². The van der Waals surface area contributed by atoms with Crippen molar-refractivity contribution in [2.45, 2.75) is 39.2 Å². The van der Waals surface area contributed by atoms with Gasteiger partial charge >= 0.3 is 6.09 Å². The number of halogens is 3. The maximum Gasteiger partial charge on any atom is 0.410 e. The lowest BCUT2D eigenvalue weighted by Gasteiger charge is -2.27. The SMILES string of the molecule is Cc1sc(Br)nc1C(=O)Nc1cnn(C)c1N1CCN(C(=O)OC(C)(C)C)CC(F)(F)C1. The van der Waals surface area contributed by atoms with Crippen molar-refractivity contribution in [3.05, 3.63) is 20.7 Å². The molecule has 0 aromatic carbocycles. The number of thiazole rings is 1. The summed E-state index contributed by atoms with van der Waals surface area (Å²) in [5.74, 6) is -3.35. The van der Waals surface area contributed by atoms with E-state index in [2.05, 4.69) is 31.3 Å². The van der Waals surface area contributed by atoms with Crippen molar-refractivity contribution < 1.29 is 23.1 Å². The summed E-state index contributed by atoms with van der Waals surface area (Å²) in [7, 11) is 1.60. The highest BCUT2D eigenvalue weighted by atomic mass is 79.9. The monoisotopic (exact) mass is 534 g/mol. The average Bonchev–Trinajstić information content (AvgIpc) is 3.11. The van der Waals surface area contributed by atoms with Gasteiger partial charge in [0.05, 0.1) is 19.3 Å². The summed E-state index contributed by atoms with van der Waals surface area (Å²) in [5.41, 5.74) is -0.266. The van der Waals surface area contributed by atoms with E-state index in [1.54, 1.807) is 34.7 Å². The second-order valence-electron chi connectivity index (χ2n) is 8.51. The van der Waals surface area contributed by atoms with E-state index >= 15 is 0 Å². The van der Waals surface area contributed by atoms with Gasteiger partial charge in [0, 0.05) is 25.0 Å². The Labute approximate surface area is 196 Å². The molecule has 0 unspecified atom stereocenters. The number of alkyl halides is 2. The van der Waals surface area contributed by atoms with Gasteiger partial charge in [-0.25, -0.2) is 18.6 Å². The lowest BCUT2D eigenvalue weighted by Crippen LogP contribution is -2.44. The van der Waals surface area contributed by atoms with Gasteiger partial charge in [-0.1, -0.05) is 0 Å². The van der Waals surface area contributed by atoms with Crippen LogP contribution < -0.4 is 10.2 Å². The summed E-state index contributed by atoms with van der Waals surface area (Å²) in [5, 5.41) is 6.85. The molecule has 2 amide bonds. The molecule has 0 bridgehead atoms. The van der Waals surface area contributed by atoms with Crippen LogP contribution in [0, 0.1) is 6.92 Å². The van der Waals surface area contributed by atoms with Gasteiger partial charge in [0.2, 0.25) is 0 Å². The maximum absolute atomic E-state index is 14.8. The third kappa shape index (κ3) is 5.74. The molecular formula is C19H25BrF2N6O3S. The maximum atomic E-state index is 14.8. The Morgan fingerprint density at radius 2 is 1.97 bits per heavy atom. The van der Waals surface area contributed by atoms with E-state index in [-0.39, 0.29) is 24.5 Å². The van der Waals surface area contributed by atoms with Gasteiger partial charge in [-0.15, -0.1) is 11.3 Å². The minimum Gasteiger partial charge on any atom is -0.444 e. The van der Waals surface area contributed by atoms with E-state index in [9.17, 15) is 18.4 Å². The van der Waals surface area contributed by atoms with Gasteiger partial charge in [-0.3, -0.25) is 9.48 Å². The summed E-state index contributed by atoms with van der Waals surface area (Å²) < 4.78 is 36.8. The fourth-order valence-electron chi connectivity index (χ4n) is 3.32. The Morgan fingerprint density at radius 3 is 2.56 bits per heavy atom. The number of aryl methyl sites for hydroxylation is 2. The molecule has 1 N–H and O–H groups in total. The van der Waals surface area contributed by atoms with Crippen LogP contribution in [0.4, 0.5) is 25.1 Å². The van der Waals surface area contributed by atoms with Crippen LogP contribution >= 0.6 is 27.3 Å². The fraction of sp³-hybridized carbons (Fsp3) is 0.579. The number of nitrogens with one attached hydrogen (secondary N) is 1. The molecule has 0 spiro atoms. The molecule has 3 rings (SSSR count). The van der Waals surface area contributed by atoms with Crippen LogP contribution in [0.3, 0.4) is 0 Å². The molecule has 2 aromatic rings. The van der Waals surface area contributed by atoms with Gasteiger partial charge in [0.15, 0.2) is 9.73 Å². The number of anilines is 2. The van der Waals surface area contributed by atoms with E-state index in [4.69, 9.17) is 4.74 Å². The molecule has 0 radical (unpaired) electrons. The van der Waals surface area contributed by atoms with Crippen LogP contribution in [-0.4, -0.2) is 69.4 Å². The van der Waals surface area contributed by atoms with Crippen LogP contribution in [0.5, 0.6) is 0 Å². The Bertz CT molecular complexity index is 1020. The van der Waals surface area contributed by atoms with Crippen LogP contribution in [0.1, 0.15) is 36.1 Å². The zero-order valence-electron chi connectivity index (χ0n) is 18.4. The van der Waals surface area contributed by atoms with Gasteiger partial charge in [-0.2, -0.15) is 5.10 Å². The topological polar surface area (TPSA) is 92.6 Å². The smallest absolute Gasteiger partial charge is 0.410 e. The number of aromatic nitrogens is 3. The summed E-state index contributed by atoms with van der Waals surface area (Å²) in [6.45, 7) is 5.54. The fourth-order valence-corrected chi connectivity index (χ4v) is 4.85. The van der Waals surface area contributed by atoms with E-state index < -0.39 is 36.6 Å². The number of carbonyl (C=O) groups excluding carboxylic acids is 2. The molecule has 1 aliphatic heterocycles. The van der Waals surface area contributed by atoms with Crippen molar-refractivity contribution in [1.82, 2.24) is 19.7 Å². The summed E-state index contributed by atoms with van der Waals surface area (Å²) in [6.07, 6.45) is 0.612. The summed E-state index contributed by atoms with van der Waals surface area (Å²) >= 11 is 4.57. The average molecular weight is 535 g/mol. The van der Waals surface area contributed by atoms with Crippen LogP contribution in [0.2, 0.25) is 0 Å². The standard InChI is InChI=1S/C19H25BrF2N6O3S/c1-11-13(25-16(20)32-11)14(29)24-12-8-23-26(5)15(12)27-6-7-28(10-19(21,22)9-27)17(30)31-18(2,3)4/h8H,6-7,9-10H2,1-5H3,(H,24,29). The molecule has 0 aliphatic carbocycles. The molecule has 9 nitrogen and oxygen atoms in total. The molecule has 0 atom stereocenters. The normalized spacial score (nSPS) is 16.6. The molecule has 1 aliphatic rings.